The molecule has 5 nitrogen and oxygen atoms in total. The van der Waals surface area contributed by atoms with Crippen molar-refractivity contribution in [3.8, 4) is 11.5 Å². The van der Waals surface area contributed by atoms with E-state index < -0.39 is 0 Å². The van der Waals surface area contributed by atoms with Gasteiger partial charge in [-0.15, -0.1) is 11.3 Å². The minimum Gasteiger partial charge on any atom is -0.496 e. The van der Waals surface area contributed by atoms with Gasteiger partial charge in [0, 0.05) is 24.0 Å². The molecule has 0 unspecified atom stereocenters. The second kappa shape index (κ2) is 7.85. The zero-order valence-electron chi connectivity index (χ0n) is 15.1. The molecule has 6 heteroatoms. The third-order valence-electron chi connectivity index (χ3n) is 3.73. The van der Waals surface area contributed by atoms with Crippen molar-refractivity contribution in [2.24, 2.45) is 5.92 Å². The second-order valence-corrected chi connectivity index (χ2v) is 7.26. The van der Waals surface area contributed by atoms with Gasteiger partial charge in [0.2, 0.25) is 0 Å². The van der Waals surface area contributed by atoms with E-state index in [0.717, 1.165) is 40.2 Å². The van der Waals surface area contributed by atoms with E-state index >= 15 is 0 Å². The van der Waals surface area contributed by atoms with Crippen molar-refractivity contribution in [1.29, 1.82) is 0 Å². The molecule has 24 heavy (non-hydrogen) atoms. The molecule has 0 spiro atoms. The molecule has 0 saturated heterocycles. The molecule has 0 N–H and O–H groups in total. The van der Waals surface area contributed by atoms with Crippen molar-refractivity contribution in [2.45, 2.75) is 20.4 Å². The Kier molecular flexibility index (Phi) is 6.07. The Bertz CT molecular complexity index is 723. The van der Waals surface area contributed by atoms with Gasteiger partial charge in [0.05, 0.1) is 26.0 Å². The van der Waals surface area contributed by atoms with E-state index in [4.69, 9.17) is 14.2 Å². The Morgan fingerprint density at radius 1 is 1.21 bits per heavy atom. The molecular weight excluding hydrogens is 326 g/mol. The first-order valence-corrected chi connectivity index (χ1v) is 8.67. The van der Waals surface area contributed by atoms with Gasteiger partial charge in [-0.25, -0.2) is 4.79 Å². The molecule has 2 rings (SSSR count). The van der Waals surface area contributed by atoms with Crippen LogP contribution in [0.1, 0.15) is 29.1 Å². The van der Waals surface area contributed by atoms with Crippen LogP contribution in [0.15, 0.2) is 12.1 Å². The lowest BCUT2D eigenvalue weighted by Gasteiger charge is -2.21. The lowest BCUT2D eigenvalue weighted by molar-refractivity contribution is 0.0606. The molecule has 0 amide bonds. The van der Waals surface area contributed by atoms with Gasteiger partial charge in [-0.1, -0.05) is 13.8 Å². The van der Waals surface area contributed by atoms with Crippen LogP contribution in [-0.4, -0.2) is 45.8 Å². The van der Waals surface area contributed by atoms with Crippen molar-refractivity contribution in [3.63, 3.8) is 0 Å². The SMILES string of the molecule is COC(=O)c1cc2c(OC)c(CN(C)CC(C)C)cc(OC)c2s1. The molecule has 0 fully saturated rings. The zero-order valence-corrected chi connectivity index (χ0v) is 16.0. The standard InChI is InChI=1S/C18H25NO4S/c1-11(2)9-19(3)10-12-7-14(21-4)17-13(16(12)22-5)8-15(24-17)18(20)23-6/h7-8,11H,9-10H2,1-6H3. The molecule has 0 atom stereocenters. The van der Waals surface area contributed by atoms with Crippen molar-refractivity contribution < 1.29 is 19.0 Å². The average molecular weight is 351 g/mol. The molecule has 0 saturated carbocycles. The number of hydrogen-bond donors (Lipinski definition) is 0. The minimum absolute atomic E-state index is 0.348. The van der Waals surface area contributed by atoms with Crippen molar-refractivity contribution in [1.82, 2.24) is 4.90 Å². The first-order chi connectivity index (χ1) is 11.4. The maximum absolute atomic E-state index is 11.9. The fraction of sp³-hybridized carbons (Fsp3) is 0.500. The number of fused-ring (bicyclic) bond motifs is 1. The summed E-state index contributed by atoms with van der Waals surface area (Å²) >= 11 is 1.36. The summed E-state index contributed by atoms with van der Waals surface area (Å²) in [4.78, 5) is 14.7. The summed E-state index contributed by atoms with van der Waals surface area (Å²) in [5.41, 5.74) is 1.04. The third-order valence-corrected chi connectivity index (χ3v) is 4.85. The van der Waals surface area contributed by atoms with E-state index in [0.29, 0.717) is 10.8 Å². The van der Waals surface area contributed by atoms with Crippen molar-refractivity contribution >= 4 is 27.4 Å². The van der Waals surface area contributed by atoms with Gasteiger partial charge in [-0.05, 0) is 25.1 Å². The number of nitrogens with zero attached hydrogens (tertiary/aromatic N) is 1. The number of carbonyl (C=O) groups excluding carboxylic acids is 1. The highest BCUT2D eigenvalue weighted by Crippen LogP contribution is 2.42. The van der Waals surface area contributed by atoms with Crippen LogP contribution in [0.3, 0.4) is 0 Å². The van der Waals surface area contributed by atoms with Gasteiger partial charge in [0.1, 0.15) is 16.4 Å². The van der Waals surface area contributed by atoms with Gasteiger partial charge in [0.25, 0.3) is 0 Å². The molecule has 0 bridgehead atoms. The molecule has 1 heterocycles. The quantitative estimate of drug-likeness (QED) is 0.710. The molecule has 0 aliphatic rings. The fourth-order valence-corrected chi connectivity index (χ4v) is 3.96. The molecule has 1 aromatic carbocycles. The zero-order chi connectivity index (χ0) is 17.9. The molecule has 1 aromatic heterocycles. The van der Waals surface area contributed by atoms with Gasteiger partial charge >= 0.3 is 5.97 Å². The molecule has 0 aliphatic carbocycles. The predicted molar refractivity (Wildman–Crippen MR) is 97.4 cm³/mol. The third kappa shape index (κ3) is 3.82. The summed E-state index contributed by atoms with van der Waals surface area (Å²) in [6.45, 7) is 6.12. The molecule has 132 valence electrons. The van der Waals surface area contributed by atoms with Gasteiger partial charge in [-0.2, -0.15) is 0 Å². The summed E-state index contributed by atoms with van der Waals surface area (Å²) in [5.74, 6) is 1.77. The van der Waals surface area contributed by atoms with E-state index in [1.165, 1.54) is 18.4 Å². The van der Waals surface area contributed by atoms with E-state index in [1.54, 1.807) is 14.2 Å². The van der Waals surface area contributed by atoms with Crippen LogP contribution >= 0.6 is 11.3 Å². The van der Waals surface area contributed by atoms with E-state index in [2.05, 4.69) is 25.8 Å². The highest BCUT2D eigenvalue weighted by Gasteiger charge is 2.20. The van der Waals surface area contributed by atoms with Crippen LogP contribution in [0.4, 0.5) is 0 Å². The number of methoxy groups -OCH3 is 3. The minimum atomic E-state index is -0.348. The number of esters is 1. The van der Waals surface area contributed by atoms with Crippen molar-refractivity contribution in [2.75, 3.05) is 34.9 Å². The lowest BCUT2D eigenvalue weighted by atomic mass is 10.1. The summed E-state index contributed by atoms with van der Waals surface area (Å²) in [7, 11) is 6.76. The second-order valence-electron chi connectivity index (χ2n) is 6.21. The van der Waals surface area contributed by atoms with Crippen molar-refractivity contribution in [3.05, 3.63) is 22.6 Å². The number of carbonyl (C=O) groups is 1. The smallest absolute Gasteiger partial charge is 0.348 e. The summed E-state index contributed by atoms with van der Waals surface area (Å²) < 4.78 is 16.9. The summed E-state index contributed by atoms with van der Waals surface area (Å²) in [6.07, 6.45) is 0. The van der Waals surface area contributed by atoms with E-state index in [9.17, 15) is 4.79 Å². The highest BCUT2D eigenvalue weighted by molar-refractivity contribution is 7.21. The van der Waals surface area contributed by atoms with Gasteiger partial charge in [-0.3, -0.25) is 0 Å². The monoisotopic (exact) mass is 351 g/mol. The number of benzene rings is 1. The molecular formula is C18H25NO4S. The topological polar surface area (TPSA) is 48.0 Å². The Hall–Kier alpha value is -1.79. The predicted octanol–water partition coefficient (Wildman–Crippen LogP) is 3.79. The number of thiophene rings is 1. The van der Waals surface area contributed by atoms with Crippen LogP contribution in [0, 0.1) is 5.92 Å². The summed E-state index contributed by atoms with van der Waals surface area (Å²) in [6, 6.07) is 3.81. The van der Waals surface area contributed by atoms with E-state index in [-0.39, 0.29) is 5.97 Å². The molecule has 2 aromatic rings. The van der Waals surface area contributed by atoms with Crippen LogP contribution < -0.4 is 9.47 Å². The maximum atomic E-state index is 11.9. The van der Waals surface area contributed by atoms with Crippen LogP contribution in [0.5, 0.6) is 11.5 Å². The number of hydrogen-bond acceptors (Lipinski definition) is 6. The van der Waals surface area contributed by atoms with Crippen LogP contribution in [-0.2, 0) is 11.3 Å². The Morgan fingerprint density at radius 2 is 1.92 bits per heavy atom. The van der Waals surface area contributed by atoms with Gasteiger partial charge < -0.3 is 19.1 Å². The Morgan fingerprint density at radius 3 is 2.46 bits per heavy atom. The Balaban J connectivity index is 2.53. The number of rotatable bonds is 7. The normalized spacial score (nSPS) is 11.3. The maximum Gasteiger partial charge on any atom is 0.348 e. The molecule has 0 aliphatic heterocycles. The largest absolute Gasteiger partial charge is 0.496 e. The first-order valence-electron chi connectivity index (χ1n) is 7.85. The Labute approximate surface area is 147 Å². The highest BCUT2D eigenvalue weighted by atomic mass is 32.1. The van der Waals surface area contributed by atoms with Gasteiger partial charge in [0.15, 0.2) is 0 Å². The molecule has 0 radical (unpaired) electrons. The average Bonchev–Trinajstić information content (AvgIpc) is 2.97. The van der Waals surface area contributed by atoms with E-state index in [1.807, 2.05) is 12.1 Å². The van der Waals surface area contributed by atoms with Crippen LogP contribution in [0.2, 0.25) is 0 Å². The lowest BCUT2D eigenvalue weighted by Crippen LogP contribution is -2.23. The summed E-state index contributed by atoms with van der Waals surface area (Å²) in [5, 5.41) is 0.884. The fourth-order valence-electron chi connectivity index (χ4n) is 2.90. The number of ether oxygens (including phenoxy) is 3. The van der Waals surface area contributed by atoms with Crippen LogP contribution in [0.25, 0.3) is 10.1 Å². The first kappa shape index (κ1) is 18.5.